The number of nitrogens with zero attached hydrogens (tertiary/aromatic N) is 3. The van der Waals surface area contributed by atoms with E-state index in [1.54, 1.807) is 4.68 Å². The van der Waals surface area contributed by atoms with Crippen molar-refractivity contribution < 1.29 is 4.79 Å². The normalized spacial score (nSPS) is 11.0. The number of carbonyl (C=O) groups excluding carboxylic acids is 1. The Morgan fingerprint density at radius 2 is 1.78 bits per heavy atom. The fraction of sp³-hybridized carbons (Fsp3) is 0.444. The lowest BCUT2D eigenvalue weighted by molar-refractivity contribution is 0.102. The first kappa shape index (κ1) is 17.2. The Morgan fingerprint density at radius 1 is 1.17 bits per heavy atom. The Balaban J connectivity index is 2.08. The summed E-state index contributed by atoms with van der Waals surface area (Å²) < 4.78 is 1.78. The van der Waals surface area contributed by atoms with Crippen LogP contribution >= 0.6 is 0 Å². The first-order chi connectivity index (χ1) is 11.0. The summed E-state index contributed by atoms with van der Waals surface area (Å²) in [5.74, 6) is -0.0985. The van der Waals surface area contributed by atoms with E-state index in [1.165, 1.54) is 5.56 Å². The minimum atomic E-state index is -0.0985. The van der Waals surface area contributed by atoms with Gasteiger partial charge in [-0.2, -0.15) is 5.10 Å². The van der Waals surface area contributed by atoms with Crippen LogP contribution in [0.3, 0.4) is 0 Å². The predicted molar refractivity (Wildman–Crippen MR) is 93.7 cm³/mol. The Kier molecular flexibility index (Phi) is 5.55. The van der Waals surface area contributed by atoms with E-state index in [9.17, 15) is 4.79 Å². The molecule has 0 bridgehead atoms. The van der Waals surface area contributed by atoms with Gasteiger partial charge in [0.15, 0.2) is 0 Å². The minimum absolute atomic E-state index is 0.0985. The van der Waals surface area contributed by atoms with Crippen LogP contribution in [0.15, 0.2) is 24.3 Å². The largest absolute Gasteiger partial charge is 0.319 e. The van der Waals surface area contributed by atoms with Crippen LogP contribution in [0.2, 0.25) is 0 Å². The highest BCUT2D eigenvalue weighted by Crippen LogP contribution is 2.19. The van der Waals surface area contributed by atoms with E-state index >= 15 is 0 Å². The summed E-state index contributed by atoms with van der Waals surface area (Å²) >= 11 is 0. The molecule has 1 N–H and O–H groups in total. The Morgan fingerprint density at radius 3 is 2.26 bits per heavy atom. The molecule has 2 aromatic rings. The van der Waals surface area contributed by atoms with Crippen LogP contribution in [-0.2, 0) is 13.6 Å². The number of hydrogen-bond donors (Lipinski definition) is 1. The summed E-state index contributed by atoms with van der Waals surface area (Å²) in [6.45, 7) is 11.1. The fourth-order valence-corrected chi connectivity index (χ4v) is 2.61. The van der Waals surface area contributed by atoms with Crippen molar-refractivity contribution in [1.29, 1.82) is 0 Å². The molecule has 1 heterocycles. The number of carbonyl (C=O) groups is 1. The highest BCUT2D eigenvalue weighted by molar-refractivity contribution is 6.04. The van der Waals surface area contributed by atoms with Crippen molar-refractivity contribution in [2.24, 2.45) is 7.05 Å². The summed E-state index contributed by atoms with van der Waals surface area (Å²) in [6.07, 6.45) is 0. The lowest BCUT2D eigenvalue weighted by Crippen LogP contribution is -2.22. The zero-order valence-electron chi connectivity index (χ0n) is 14.7. The average Bonchev–Trinajstić information content (AvgIpc) is 2.79. The maximum atomic E-state index is 12.4. The molecule has 1 aromatic carbocycles. The molecule has 0 fully saturated rings. The molecule has 5 heteroatoms. The summed E-state index contributed by atoms with van der Waals surface area (Å²) in [5.41, 5.74) is 4.46. The third kappa shape index (κ3) is 3.99. The number of aryl methyl sites for hydroxylation is 2. The van der Waals surface area contributed by atoms with Gasteiger partial charge >= 0.3 is 0 Å². The van der Waals surface area contributed by atoms with Crippen LogP contribution in [-0.4, -0.2) is 33.7 Å². The van der Waals surface area contributed by atoms with Gasteiger partial charge in [0, 0.05) is 19.2 Å². The third-order valence-corrected chi connectivity index (χ3v) is 4.26. The van der Waals surface area contributed by atoms with Crippen LogP contribution in [0, 0.1) is 13.8 Å². The smallest absolute Gasteiger partial charge is 0.255 e. The summed E-state index contributed by atoms with van der Waals surface area (Å²) in [5, 5.41) is 7.28. The molecule has 0 aliphatic rings. The molecule has 23 heavy (non-hydrogen) atoms. The second-order valence-electron chi connectivity index (χ2n) is 5.78. The molecule has 1 amide bonds. The van der Waals surface area contributed by atoms with Gasteiger partial charge < -0.3 is 5.32 Å². The monoisotopic (exact) mass is 314 g/mol. The highest BCUT2D eigenvalue weighted by atomic mass is 16.1. The Hall–Kier alpha value is -2.14. The number of rotatable bonds is 6. The topological polar surface area (TPSA) is 50.2 Å². The van der Waals surface area contributed by atoms with E-state index in [-0.39, 0.29) is 5.91 Å². The maximum absolute atomic E-state index is 12.4. The number of amides is 1. The standard InChI is InChI=1S/C18H26N4O/c1-6-22(7-2)12-15-8-10-16(11-9-15)18(23)19-17-13(3)20-21(5)14(17)4/h8-11H,6-7,12H2,1-5H3,(H,19,23). The molecular formula is C18H26N4O. The number of nitrogens with one attached hydrogen (secondary N) is 1. The van der Waals surface area contributed by atoms with Gasteiger partial charge in [0.25, 0.3) is 5.91 Å². The van der Waals surface area contributed by atoms with E-state index in [1.807, 2.05) is 45.2 Å². The molecule has 0 unspecified atom stereocenters. The third-order valence-electron chi connectivity index (χ3n) is 4.26. The summed E-state index contributed by atoms with van der Waals surface area (Å²) in [6, 6.07) is 7.82. The van der Waals surface area contributed by atoms with Crippen LogP contribution < -0.4 is 5.32 Å². The molecule has 0 spiro atoms. The summed E-state index contributed by atoms with van der Waals surface area (Å²) in [7, 11) is 1.87. The van der Waals surface area contributed by atoms with Crippen LogP contribution in [0.5, 0.6) is 0 Å². The summed E-state index contributed by atoms with van der Waals surface area (Å²) in [4.78, 5) is 14.8. The van der Waals surface area contributed by atoms with Gasteiger partial charge in [0.05, 0.1) is 17.1 Å². The molecule has 0 atom stereocenters. The van der Waals surface area contributed by atoms with Gasteiger partial charge in [-0.25, -0.2) is 0 Å². The number of benzene rings is 1. The minimum Gasteiger partial charge on any atom is -0.319 e. The zero-order valence-corrected chi connectivity index (χ0v) is 14.7. The van der Waals surface area contributed by atoms with Gasteiger partial charge in [0.1, 0.15) is 0 Å². The van der Waals surface area contributed by atoms with Gasteiger partial charge in [-0.1, -0.05) is 26.0 Å². The quantitative estimate of drug-likeness (QED) is 0.891. The van der Waals surface area contributed by atoms with Crippen molar-refractivity contribution in [3.63, 3.8) is 0 Å². The Bertz CT molecular complexity index is 669. The lowest BCUT2D eigenvalue weighted by atomic mass is 10.1. The molecule has 5 nitrogen and oxygen atoms in total. The molecular weight excluding hydrogens is 288 g/mol. The fourth-order valence-electron chi connectivity index (χ4n) is 2.61. The van der Waals surface area contributed by atoms with Crippen LogP contribution in [0.1, 0.15) is 41.2 Å². The SMILES string of the molecule is CCN(CC)Cc1ccc(C(=O)Nc2c(C)nn(C)c2C)cc1. The van der Waals surface area contributed by atoms with Gasteiger partial charge in [-0.15, -0.1) is 0 Å². The molecule has 0 saturated carbocycles. The van der Waals surface area contributed by atoms with E-state index in [2.05, 4.69) is 29.2 Å². The van der Waals surface area contributed by atoms with Crippen molar-refractivity contribution in [2.45, 2.75) is 34.2 Å². The van der Waals surface area contributed by atoms with E-state index in [0.29, 0.717) is 5.56 Å². The number of anilines is 1. The second kappa shape index (κ2) is 7.42. The molecule has 0 aliphatic heterocycles. The van der Waals surface area contributed by atoms with Crippen molar-refractivity contribution in [3.8, 4) is 0 Å². The van der Waals surface area contributed by atoms with Crippen molar-refractivity contribution in [3.05, 3.63) is 46.8 Å². The Labute approximate surface area is 138 Å². The second-order valence-corrected chi connectivity index (χ2v) is 5.78. The van der Waals surface area contributed by atoms with Gasteiger partial charge in [-0.05, 0) is 44.6 Å². The average molecular weight is 314 g/mol. The molecule has 124 valence electrons. The highest BCUT2D eigenvalue weighted by Gasteiger charge is 2.13. The molecule has 0 saturated heterocycles. The molecule has 2 rings (SSSR count). The predicted octanol–water partition coefficient (Wildman–Crippen LogP) is 3.13. The molecule has 1 aromatic heterocycles. The number of aromatic nitrogens is 2. The van der Waals surface area contributed by atoms with Gasteiger partial charge in [0.2, 0.25) is 0 Å². The molecule has 0 radical (unpaired) electrons. The van der Waals surface area contributed by atoms with Crippen molar-refractivity contribution >= 4 is 11.6 Å². The van der Waals surface area contributed by atoms with Crippen LogP contribution in [0.4, 0.5) is 5.69 Å². The number of hydrogen-bond acceptors (Lipinski definition) is 3. The van der Waals surface area contributed by atoms with Gasteiger partial charge in [-0.3, -0.25) is 14.4 Å². The van der Waals surface area contributed by atoms with E-state index in [0.717, 1.165) is 36.7 Å². The van der Waals surface area contributed by atoms with Crippen molar-refractivity contribution in [1.82, 2.24) is 14.7 Å². The first-order valence-corrected chi connectivity index (χ1v) is 8.09. The zero-order chi connectivity index (χ0) is 17.0. The van der Waals surface area contributed by atoms with E-state index < -0.39 is 0 Å². The first-order valence-electron chi connectivity index (χ1n) is 8.09. The lowest BCUT2D eigenvalue weighted by Gasteiger charge is -2.18. The maximum Gasteiger partial charge on any atom is 0.255 e. The molecule has 0 aliphatic carbocycles. The van der Waals surface area contributed by atoms with E-state index in [4.69, 9.17) is 0 Å². The van der Waals surface area contributed by atoms with Crippen molar-refractivity contribution in [2.75, 3.05) is 18.4 Å². The van der Waals surface area contributed by atoms with Crippen LogP contribution in [0.25, 0.3) is 0 Å².